The number of hydrogen-bond acceptors (Lipinski definition) is 3. The number of rotatable bonds is 4. The summed E-state index contributed by atoms with van der Waals surface area (Å²) in [5, 5.41) is 1.97. The monoisotopic (exact) mass is 440 g/mol. The predicted octanol–water partition coefficient (Wildman–Crippen LogP) is 4.37. The number of nitrogens with one attached hydrogen (secondary N) is 1. The second-order valence-corrected chi connectivity index (χ2v) is 8.01. The van der Waals surface area contributed by atoms with Crippen LogP contribution in [-0.4, -0.2) is 27.6 Å². The largest absolute Gasteiger partial charge is 0.416 e. The second-order valence-electron chi connectivity index (χ2n) is 6.00. The minimum absolute atomic E-state index is 0.0684. The van der Waals surface area contributed by atoms with Gasteiger partial charge in [0.05, 0.1) is 28.6 Å². The van der Waals surface area contributed by atoms with Crippen LogP contribution in [0.1, 0.15) is 21.5 Å². The third kappa shape index (κ3) is 5.40. The van der Waals surface area contributed by atoms with Crippen molar-refractivity contribution in [3.63, 3.8) is 0 Å². The van der Waals surface area contributed by atoms with Gasteiger partial charge in [0.2, 0.25) is 10.0 Å². The van der Waals surface area contributed by atoms with E-state index in [0.29, 0.717) is 12.1 Å². The zero-order valence-corrected chi connectivity index (χ0v) is 15.7. The van der Waals surface area contributed by atoms with Gasteiger partial charge < -0.3 is 5.32 Å². The van der Waals surface area contributed by atoms with Crippen LogP contribution in [0.2, 0.25) is 0 Å². The molecule has 0 aliphatic carbocycles. The first-order valence-electron chi connectivity index (χ1n) is 7.74. The Hall–Kier alpha value is -2.76. The van der Waals surface area contributed by atoms with E-state index in [9.17, 15) is 39.6 Å². The van der Waals surface area contributed by atoms with Gasteiger partial charge in [0.15, 0.2) is 0 Å². The number of carbonyl (C=O) groups excluding carboxylic acids is 1. The SMILES string of the molecule is CN(c1ccccc1C(=O)Nc1cc(C(F)(F)F)cc(C(F)(F)F)c1)S(C)(=O)=O. The number of benzene rings is 2. The molecule has 0 unspecified atom stereocenters. The number of carbonyl (C=O) groups is 1. The first-order valence-corrected chi connectivity index (χ1v) is 9.59. The molecule has 1 amide bonds. The summed E-state index contributed by atoms with van der Waals surface area (Å²) < 4.78 is 102. The average molecular weight is 440 g/mol. The Morgan fingerprint density at radius 2 is 1.41 bits per heavy atom. The van der Waals surface area contributed by atoms with Crippen molar-refractivity contribution < 1.29 is 39.6 Å². The van der Waals surface area contributed by atoms with E-state index in [1.54, 1.807) is 0 Å². The highest BCUT2D eigenvalue weighted by atomic mass is 32.2. The zero-order valence-electron chi connectivity index (χ0n) is 14.9. The molecule has 0 atom stereocenters. The molecule has 5 nitrogen and oxygen atoms in total. The summed E-state index contributed by atoms with van der Waals surface area (Å²) in [6.45, 7) is 0. The number of sulfonamides is 1. The van der Waals surface area contributed by atoms with Crippen LogP contribution in [0.25, 0.3) is 0 Å². The molecule has 0 radical (unpaired) electrons. The van der Waals surface area contributed by atoms with Crippen molar-refractivity contribution in [1.29, 1.82) is 0 Å². The van der Waals surface area contributed by atoms with E-state index in [-0.39, 0.29) is 17.3 Å². The summed E-state index contributed by atoms with van der Waals surface area (Å²) in [5.74, 6) is -1.08. The van der Waals surface area contributed by atoms with Crippen LogP contribution in [0.15, 0.2) is 42.5 Å². The van der Waals surface area contributed by atoms with E-state index in [4.69, 9.17) is 0 Å². The third-order valence-electron chi connectivity index (χ3n) is 3.83. The van der Waals surface area contributed by atoms with Gasteiger partial charge in [-0.15, -0.1) is 0 Å². The molecule has 1 N–H and O–H groups in total. The van der Waals surface area contributed by atoms with Crippen LogP contribution in [0.3, 0.4) is 0 Å². The van der Waals surface area contributed by atoms with Crippen LogP contribution in [0, 0.1) is 0 Å². The number of halogens is 6. The fourth-order valence-electron chi connectivity index (χ4n) is 2.34. The van der Waals surface area contributed by atoms with E-state index < -0.39 is 45.1 Å². The van der Waals surface area contributed by atoms with E-state index in [0.717, 1.165) is 17.6 Å². The van der Waals surface area contributed by atoms with Gasteiger partial charge in [-0.1, -0.05) is 12.1 Å². The fourth-order valence-corrected chi connectivity index (χ4v) is 2.86. The topological polar surface area (TPSA) is 66.5 Å². The summed E-state index contributed by atoms with van der Waals surface area (Å²) in [4.78, 5) is 12.5. The predicted molar refractivity (Wildman–Crippen MR) is 94.1 cm³/mol. The number of anilines is 2. The molecule has 0 fully saturated rings. The molecule has 0 bridgehead atoms. The van der Waals surface area contributed by atoms with Gasteiger partial charge in [-0.05, 0) is 30.3 Å². The van der Waals surface area contributed by atoms with Crippen LogP contribution in [0.4, 0.5) is 37.7 Å². The number of amides is 1. The molecule has 2 aromatic rings. The molecule has 0 aliphatic heterocycles. The average Bonchev–Trinajstić information content (AvgIpc) is 2.58. The van der Waals surface area contributed by atoms with E-state index in [1.807, 2.05) is 5.32 Å². The Kier molecular flexibility index (Phi) is 5.89. The first-order chi connectivity index (χ1) is 13.1. The molecule has 29 heavy (non-hydrogen) atoms. The lowest BCUT2D eigenvalue weighted by Gasteiger charge is -2.20. The van der Waals surface area contributed by atoms with Crippen molar-refractivity contribution in [3.05, 3.63) is 59.2 Å². The Balaban J connectivity index is 2.49. The van der Waals surface area contributed by atoms with Crippen LogP contribution in [-0.2, 0) is 22.4 Å². The number of nitrogens with zero attached hydrogens (tertiary/aromatic N) is 1. The smallest absolute Gasteiger partial charge is 0.322 e. The summed E-state index contributed by atoms with van der Waals surface area (Å²) >= 11 is 0. The lowest BCUT2D eigenvalue weighted by atomic mass is 10.1. The number of alkyl halides is 6. The van der Waals surface area contributed by atoms with Crippen molar-refractivity contribution in [2.24, 2.45) is 0 Å². The van der Waals surface area contributed by atoms with Crippen molar-refractivity contribution in [2.45, 2.75) is 12.4 Å². The fraction of sp³-hybridized carbons (Fsp3) is 0.235. The normalized spacial score (nSPS) is 12.6. The van der Waals surface area contributed by atoms with Gasteiger partial charge in [0, 0.05) is 12.7 Å². The Bertz CT molecular complexity index is 1000. The summed E-state index contributed by atoms with van der Waals surface area (Å²) in [6.07, 6.45) is -9.28. The molecule has 158 valence electrons. The lowest BCUT2D eigenvalue weighted by molar-refractivity contribution is -0.143. The highest BCUT2D eigenvalue weighted by Crippen LogP contribution is 2.37. The van der Waals surface area contributed by atoms with Gasteiger partial charge in [0.1, 0.15) is 0 Å². The van der Waals surface area contributed by atoms with Gasteiger partial charge >= 0.3 is 12.4 Å². The summed E-state index contributed by atoms with van der Waals surface area (Å²) in [6, 6.07) is 5.88. The maximum atomic E-state index is 12.9. The minimum Gasteiger partial charge on any atom is -0.322 e. The molecule has 0 saturated carbocycles. The van der Waals surface area contributed by atoms with Gasteiger partial charge in [-0.25, -0.2) is 8.42 Å². The molecular weight excluding hydrogens is 426 g/mol. The quantitative estimate of drug-likeness (QED) is 0.718. The van der Waals surface area contributed by atoms with Crippen molar-refractivity contribution in [1.82, 2.24) is 0 Å². The Morgan fingerprint density at radius 1 is 0.931 bits per heavy atom. The summed E-state index contributed by atoms with van der Waals surface area (Å²) in [5.41, 5.74) is -4.29. The maximum Gasteiger partial charge on any atom is 0.416 e. The molecule has 0 aliphatic rings. The molecule has 0 saturated heterocycles. The molecule has 2 aromatic carbocycles. The van der Waals surface area contributed by atoms with Gasteiger partial charge in [0.25, 0.3) is 5.91 Å². The Labute approximate surface area is 162 Å². The van der Waals surface area contributed by atoms with Crippen LogP contribution in [0.5, 0.6) is 0 Å². The Morgan fingerprint density at radius 3 is 1.86 bits per heavy atom. The van der Waals surface area contributed by atoms with Crippen LogP contribution < -0.4 is 9.62 Å². The lowest BCUT2D eigenvalue weighted by Crippen LogP contribution is -2.27. The van der Waals surface area contributed by atoms with E-state index >= 15 is 0 Å². The number of hydrogen-bond donors (Lipinski definition) is 1. The molecule has 2 rings (SSSR count). The first kappa shape index (κ1) is 22.5. The van der Waals surface area contributed by atoms with Crippen LogP contribution >= 0.6 is 0 Å². The molecule has 0 aromatic heterocycles. The van der Waals surface area contributed by atoms with Crippen molar-refractivity contribution in [3.8, 4) is 0 Å². The summed E-state index contributed by atoms with van der Waals surface area (Å²) in [7, 11) is -2.63. The van der Waals surface area contributed by atoms with E-state index in [2.05, 4.69) is 0 Å². The zero-order chi connectivity index (χ0) is 22.2. The van der Waals surface area contributed by atoms with Gasteiger partial charge in [-0.3, -0.25) is 9.10 Å². The minimum atomic E-state index is -5.07. The van der Waals surface area contributed by atoms with E-state index in [1.165, 1.54) is 24.3 Å². The standard InChI is InChI=1S/C17H14F6N2O3S/c1-25(29(2,27)28)14-6-4-3-5-13(14)15(26)24-12-8-10(16(18,19)20)7-11(9-12)17(21,22)23/h3-9H,1-2H3,(H,24,26). The molecule has 0 heterocycles. The molecule has 12 heteroatoms. The molecular formula is C17H14F6N2O3S. The number of para-hydroxylation sites is 1. The second kappa shape index (κ2) is 7.58. The molecule has 0 spiro atoms. The highest BCUT2D eigenvalue weighted by Gasteiger charge is 2.37. The van der Waals surface area contributed by atoms with Crippen molar-refractivity contribution >= 4 is 27.3 Å². The third-order valence-corrected chi connectivity index (χ3v) is 5.02. The van der Waals surface area contributed by atoms with Gasteiger partial charge in [-0.2, -0.15) is 26.3 Å². The maximum absolute atomic E-state index is 12.9. The van der Waals surface area contributed by atoms with Crippen molar-refractivity contribution in [2.75, 3.05) is 22.9 Å². The highest BCUT2D eigenvalue weighted by molar-refractivity contribution is 7.92.